The molecule has 210 valence electrons. The van der Waals surface area contributed by atoms with Crippen LogP contribution in [-0.2, 0) is 11.8 Å². The molecule has 13 nitrogen and oxygen atoms in total. The predicted molar refractivity (Wildman–Crippen MR) is 148 cm³/mol. The normalized spacial score (nSPS) is 15.1. The molecule has 13 heteroatoms. The maximum Gasteiger partial charge on any atom is 0.410 e. The van der Waals surface area contributed by atoms with Gasteiger partial charge in [-0.25, -0.2) is 19.3 Å². The van der Waals surface area contributed by atoms with Crippen molar-refractivity contribution in [3.05, 3.63) is 48.2 Å². The Bertz CT molecular complexity index is 1570. The monoisotopic (exact) mass is 547 g/mol. The van der Waals surface area contributed by atoms with E-state index in [-0.39, 0.29) is 23.7 Å². The van der Waals surface area contributed by atoms with Crippen LogP contribution in [0, 0.1) is 6.92 Å². The van der Waals surface area contributed by atoms with E-state index in [2.05, 4.69) is 30.8 Å². The molecule has 0 unspecified atom stereocenters. The first kappa shape index (κ1) is 26.9. The first-order chi connectivity index (χ1) is 19.0. The molecule has 0 aromatic carbocycles. The maximum absolute atomic E-state index is 12.5. The average molecular weight is 548 g/mol. The molecule has 4 aromatic heterocycles. The Labute approximate surface area is 231 Å². The summed E-state index contributed by atoms with van der Waals surface area (Å²) in [5.74, 6) is 1.82. The number of ether oxygens (including phenoxy) is 2. The zero-order valence-electron chi connectivity index (χ0n) is 23.4. The topological polar surface area (TPSA) is 141 Å². The molecule has 4 aromatic rings. The van der Waals surface area contributed by atoms with Crippen LogP contribution in [0.1, 0.15) is 43.5 Å². The second-order valence-corrected chi connectivity index (χ2v) is 10.6. The molecule has 2 amide bonds. The van der Waals surface area contributed by atoms with Crippen molar-refractivity contribution in [3.8, 4) is 17.0 Å². The zero-order valence-corrected chi connectivity index (χ0v) is 23.4. The Morgan fingerprint density at radius 2 is 1.95 bits per heavy atom. The number of carbonyl (C=O) groups excluding carboxylic acids is 2. The van der Waals surface area contributed by atoms with E-state index in [4.69, 9.17) is 9.47 Å². The number of rotatable bonds is 7. The highest BCUT2D eigenvalue weighted by molar-refractivity contribution is 5.92. The smallest absolute Gasteiger partial charge is 0.410 e. The number of fused-ring (bicyclic) bond motifs is 1. The Balaban J connectivity index is 1.32. The largest absolute Gasteiger partial charge is 0.487 e. The van der Waals surface area contributed by atoms with Gasteiger partial charge in [0.2, 0.25) is 0 Å². The maximum atomic E-state index is 12.5. The number of pyridine rings is 1. The van der Waals surface area contributed by atoms with Crippen molar-refractivity contribution in [2.45, 2.75) is 45.8 Å². The lowest BCUT2D eigenvalue weighted by Crippen LogP contribution is -2.55. The number of aromatic nitrogens is 6. The van der Waals surface area contributed by atoms with Gasteiger partial charge in [-0.3, -0.25) is 9.48 Å². The van der Waals surface area contributed by atoms with E-state index in [0.29, 0.717) is 36.4 Å². The number of hydrogen-bond donors (Lipinski definition) is 2. The molecule has 0 radical (unpaired) electrons. The molecule has 1 aliphatic heterocycles. The third-order valence-corrected chi connectivity index (χ3v) is 6.40. The molecule has 2 N–H and O–H groups in total. The number of nitrogens with one attached hydrogen (secondary N) is 2. The zero-order chi connectivity index (χ0) is 28.6. The number of amides is 2. The molecule has 5 rings (SSSR count). The van der Waals surface area contributed by atoms with Crippen LogP contribution in [0.15, 0.2) is 36.7 Å². The van der Waals surface area contributed by atoms with E-state index in [1.54, 1.807) is 40.3 Å². The summed E-state index contributed by atoms with van der Waals surface area (Å²) in [5.41, 5.74) is 2.26. The van der Waals surface area contributed by atoms with Gasteiger partial charge in [-0.1, -0.05) is 0 Å². The third kappa shape index (κ3) is 5.67. The summed E-state index contributed by atoms with van der Waals surface area (Å²) in [6, 6.07) is 7.32. The van der Waals surface area contributed by atoms with Gasteiger partial charge in [-0.05, 0) is 46.2 Å². The van der Waals surface area contributed by atoms with Gasteiger partial charge in [0.05, 0.1) is 17.8 Å². The van der Waals surface area contributed by atoms with E-state index in [0.717, 1.165) is 23.2 Å². The van der Waals surface area contributed by atoms with Gasteiger partial charge in [0.1, 0.15) is 35.2 Å². The van der Waals surface area contributed by atoms with Crippen molar-refractivity contribution in [1.29, 1.82) is 0 Å². The molecule has 0 spiro atoms. The van der Waals surface area contributed by atoms with Gasteiger partial charge in [0.25, 0.3) is 5.91 Å². The first-order valence-corrected chi connectivity index (χ1v) is 13.0. The van der Waals surface area contributed by atoms with E-state index >= 15 is 0 Å². The minimum Gasteiger partial charge on any atom is -0.487 e. The molecule has 1 fully saturated rings. The number of anilines is 2. The summed E-state index contributed by atoms with van der Waals surface area (Å²) in [6.07, 6.45) is 4.06. The van der Waals surface area contributed by atoms with Gasteiger partial charge in [-0.2, -0.15) is 10.2 Å². The van der Waals surface area contributed by atoms with Crippen molar-refractivity contribution in [1.82, 2.24) is 39.6 Å². The quantitative estimate of drug-likeness (QED) is 0.356. The number of nitrogens with zero attached hydrogens (tertiary/aromatic N) is 7. The van der Waals surface area contributed by atoms with Crippen LogP contribution in [0.25, 0.3) is 16.8 Å². The van der Waals surface area contributed by atoms with Crippen LogP contribution in [0.2, 0.25) is 0 Å². The second kappa shape index (κ2) is 10.5. The SMILES string of the molecule is CNC(=O)c1cc(Nc2cc3cc(-c4c(OC[C@H]5CCN5C(=O)OC(C)(C)C)cnn4C)ccn3n2)nc(C)n1. The van der Waals surface area contributed by atoms with E-state index in [1.165, 1.54) is 0 Å². The molecule has 40 heavy (non-hydrogen) atoms. The Morgan fingerprint density at radius 3 is 2.65 bits per heavy atom. The van der Waals surface area contributed by atoms with Gasteiger partial charge in [0.15, 0.2) is 11.6 Å². The lowest BCUT2D eigenvalue weighted by Gasteiger charge is -2.40. The molecule has 1 saturated heterocycles. The van der Waals surface area contributed by atoms with Crippen molar-refractivity contribution >= 4 is 29.2 Å². The molecule has 5 heterocycles. The average Bonchev–Trinajstić information content (AvgIpc) is 3.42. The standard InChI is InChI=1S/C27H33N9O4/c1-16-30-20(25(37)28-5)13-22(31-16)32-23-12-19-11-17(7-10-36(19)33-23)24-21(14-29-34(24)6)39-15-18-8-9-35(18)26(38)40-27(2,3)4/h7,10-14,18H,8-9,15H2,1-6H3,(H,28,37)(H,30,31,32,33)/t18-/m1/s1. The van der Waals surface area contributed by atoms with Gasteiger partial charge in [0, 0.05) is 44.5 Å². The van der Waals surface area contributed by atoms with Gasteiger partial charge in [-0.15, -0.1) is 0 Å². The first-order valence-electron chi connectivity index (χ1n) is 13.0. The minimum absolute atomic E-state index is 0.0526. The number of likely N-dealkylation sites (tertiary alicyclic amines) is 1. The lowest BCUT2D eigenvalue weighted by atomic mass is 10.1. The second-order valence-electron chi connectivity index (χ2n) is 10.6. The van der Waals surface area contributed by atoms with Crippen molar-refractivity contribution in [2.75, 3.05) is 25.5 Å². The summed E-state index contributed by atoms with van der Waals surface area (Å²) in [6.45, 7) is 8.29. The summed E-state index contributed by atoms with van der Waals surface area (Å²) in [4.78, 5) is 34.7. The van der Waals surface area contributed by atoms with Crippen LogP contribution in [-0.4, -0.2) is 78.1 Å². The molecule has 0 saturated carbocycles. The number of carbonyl (C=O) groups is 2. The van der Waals surface area contributed by atoms with Crippen LogP contribution < -0.4 is 15.4 Å². The third-order valence-electron chi connectivity index (χ3n) is 6.40. The molecule has 1 atom stereocenters. The Morgan fingerprint density at radius 1 is 1.15 bits per heavy atom. The summed E-state index contributed by atoms with van der Waals surface area (Å²) in [5, 5.41) is 14.7. The highest BCUT2D eigenvalue weighted by Gasteiger charge is 2.36. The lowest BCUT2D eigenvalue weighted by molar-refractivity contribution is -0.0141. The van der Waals surface area contributed by atoms with Crippen LogP contribution >= 0.6 is 0 Å². The molecular weight excluding hydrogens is 514 g/mol. The summed E-state index contributed by atoms with van der Waals surface area (Å²) >= 11 is 0. The fraction of sp³-hybridized carbons (Fsp3) is 0.407. The van der Waals surface area contributed by atoms with Crippen molar-refractivity contribution in [2.24, 2.45) is 7.05 Å². The Kier molecular flexibility index (Phi) is 7.04. The molecular formula is C27H33N9O4. The molecule has 0 aliphatic carbocycles. The van der Waals surface area contributed by atoms with Crippen molar-refractivity contribution < 1.29 is 19.1 Å². The highest BCUT2D eigenvalue weighted by atomic mass is 16.6. The van der Waals surface area contributed by atoms with Crippen LogP contribution in [0.4, 0.5) is 16.4 Å². The van der Waals surface area contributed by atoms with E-state index in [9.17, 15) is 9.59 Å². The van der Waals surface area contributed by atoms with Crippen LogP contribution in [0.3, 0.4) is 0 Å². The van der Waals surface area contributed by atoms with Gasteiger partial charge >= 0.3 is 6.09 Å². The minimum atomic E-state index is -0.543. The summed E-state index contributed by atoms with van der Waals surface area (Å²) < 4.78 is 15.2. The van der Waals surface area contributed by atoms with Crippen molar-refractivity contribution in [3.63, 3.8) is 0 Å². The predicted octanol–water partition coefficient (Wildman–Crippen LogP) is 3.32. The fourth-order valence-electron chi connectivity index (χ4n) is 4.42. The summed E-state index contributed by atoms with van der Waals surface area (Å²) in [7, 11) is 3.41. The van der Waals surface area contributed by atoms with E-state index in [1.807, 2.05) is 52.2 Å². The highest BCUT2D eigenvalue weighted by Crippen LogP contribution is 2.32. The van der Waals surface area contributed by atoms with Crippen LogP contribution in [0.5, 0.6) is 5.75 Å². The Hall–Kier alpha value is -4.68. The number of aryl methyl sites for hydroxylation is 2. The molecule has 0 bridgehead atoms. The van der Waals surface area contributed by atoms with E-state index < -0.39 is 5.60 Å². The van der Waals surface area contributed by atoms with Gasteiger partial charge < -0.3 is 25.0 Å². The number of hydrogen-bond acceptors (Lipinski definition) is 9. The molecule has 1 aliphatic rings. The fourth-order valence-corrected chi connectivity index (χ4v) is 4.42.